The predicted octanol–water partition coefficient (Wildman–Crippen LogP) is 2.83. The van der Waals surface area contributed by atoms with Gasteiger partial charge in [0.1, 0.15) is 5.38 Å². The molecule has 15 heavy (non-hydrogen) atoms. The molecule has 0 radical (unpaired) electrons. The molecule has 1 amide bonds. The summed E-state index contributed by atoms with van der Waals surface area (Å²) in [6.07, 6.45) is 0. The molecule has 3 heteroatoms. The van der Waals surface area contributed by atoms with Crippen LogP contribution in [0.1, 0.15) is 25.5 Å². The first-order valence-electron chi connectivity index (χ1n) is 4.99. The average Bonchev–Trinajstić information content (AvgIpc) is 2.27. The first kappa shape index (κ1) is 12.1. The van der Waals surface area contributed by atoms with Crippen molar-refractivity contribution in [1.82, 2.24) is 4.90 Å². The summed E-state index contributed by atoms with van der Waals surface area (Å²) < 4.78 is 0. The lowest BCUT2D eigenvalue weighted by atomic mass is 10.1. The standard InChI is InChI=1S/C12H16ClNO/c1-9(13)12(15)14(3)10(2)11-7-5-4-6-8-11/h4-10H,1-3H3. The highest BCUT2D eigenvalue weighted by atomic mass is 35.5. The van der Waals surface area contributed by atoms with Gasteiger partial charge in [0.05, 0.1) is 6.04 Å². The van der Waals surface area contributed by atoms with Crippen molar-refractivity contribution in [2.45, 2.75) is 25.3 Å². The Morgan fingerprint density at radius 1 is 1.27 bits per heavy atom. The summed E-state index contributed by atoms with van der Waals surface area (Å²) in [5, 5.41) is -0.471. The van der Waals surface area contributed by atoms with Gasteiger partial charge in [-0.25, -0.2) is 0 Å². The fourth-order valence-electron chi connectivity index (χ4n) is 1.43. The highest BCUT2D eigenvalue weighted by molar-refractivity contribution is 6.30. The summed E-state index contributed by atoms with van der Waals surface area (Å²) in [5.41, 5.74) is 1.12. The quantitative estimate of drug-likeness (QED) is 0.725. The summed E-state index contributed by atoms with van der Waals surface area (Å²) in [6.45, 7) is 3.69. The van der Waals surface area contributed by atoms with E-state index in [4.69, 9.17) is 11.6 Å². The van der Waals surface area contributed by atoms with Crippen molar-refractivity contribution in [2.75, 3.05) is 7.05 Å². The topological polar surface area (TPSA) is 20.3 Å². The van der Waals surface area contributed by atoms with Gasteiger partial charge in [0.2, 0.25) is 5.91 Å². The van der Waals surface area contributed by atoms with Crippen LogP contribution < -0.4 is 0 Å². The van der Waals surface area contributed by atoms with E-state index in [1.54, 1.807) is 18.9 Å². The Bertz CT molecular complexity index is 324. The predicted molar refractivity (Wildman–Crippen MR) is 62.9 cm³/mol. The zero-order chi connectivity index (χ0) is 11.4. The van der Waals surface area contributed by atoms with E-state index in [2.05, 4.69) is 0 Å². The number of hydrogen-bond acceptors (Lipinski definition) is 1. The van der Waals surface area contributed by atoms with Crippen molar-refractivity contribution in [2.24, 2.45) is 0 Å². The molecule has 0 aliphatic heterocycles. The second kappa shape index (κ2) is 5.17. The molecule has 1 aromatic rings. The third-order valence-electron chi connectivity index (χ3n) is 2.55. The fourth-order valence-corrected chi connectivity index (χ4v) is 1.58. The van der Waals surface area contributed by atoms with Gasteiger partial charge in [-0.05, 0) is 19.4 Å². The SMILES string of the molecule is CC(Cl)C(=O)N(C)C(C)c1ccccc1. The van der Waals surface area contributed by atoms with Crippen LogP contribution in [-0.4, -0.2) is 23.2 Å². The largest absolute Gasteiger partial charge is 0.338 e. The van der Waals surface area contributed by atoms with E-state index in [0.29, 0.717) is 0 Å². The highest BCUT2D eigenvalue weighted by Gasteiger charge is 2.20. The Hall–Kier alpha value is -1.02. The molecular weight excluding hydrogens is 210 g/mol. The van der Waals surface area contributed by atoms with E-state index in [9.17, 15) is 4.79 Å². The number of nitrogens with zero attached hydrogens (tertiary/aromatic N) is 1. The molecule has 0 bridgehead atoms. The Balaban J connectivity index is 2.77. The van der Waals surface area contributed by atoms with Gasteiger partial charge in [-0.3, -0.25) is 4.79 Å². The number of benzene rings is 1. The molecule has 0 aromatic heterocycles. The lowest BCUT2D eigenvalue weighted by Crippen LogP contribution is -2.34. The summed E-state index contributed by atoms with van der Waals surface area (Å²) in [7, 11) is 1.78. The minimum atomic E-state index is -0.471. The van der Waals surface area contributed by atoms with Crippen LogP contribution in [0.15, 0.2) is 30.3 Å². The van der Waals surface area contributed by atoms with Gasteiger partial charge < -0.3 is 4.90 Å². The number of amides is 1. The summed E-state index contributed by atoms with van der Waals surface area (Å²) in [4.78, 5) is 13.3. The van der Waals surface area contributed by atoms with Gasteiger partial charge in [0.15, 0.2) is 0 Å². The van der Waals surface area contributed by atoms with Crippen molar-refractivity contribution >= 4 is 17.5 Å². The molecule has 0 N–H and O–H groups in total. The molecule has 1 rings (SSSR count). The minimum absolute atomic E-state index is 0.0481. The zero-order valence-electron chi connectivity index (χ0n) is 9.27. The van der Waals surface area contributed by atoms with Crippen LogP contribution in [0, 0.1) is 0 Å². The minimum Gasteiger partial charge on any atom is -0.338 e. The number of halogens is 1. The molecule has 1 aromatic carbocycles. The van der Waals surface area contributed by atoms with E-state index in [1.807, 2.05) is 37.3 Å². The molecule has 0 fully saturated rings. The van der Waals surface area contributed by atoms with Crippen molar-refractivity contribution in [3.05, 3.63) is 35.9 Å². The van der Waals surface area contributed by atoms with Gasteiger partial charge in [-0.2, -0.15) is 0 Å². The first-order chi connectivity index (χ1) is 7.04. The number of rotatable bonds is 3. The molecule has 0 aliphatic rings. The zero-order valence-corrected chi connectivity index (χ0v) is 10.0. The third-order valence-corrected chi connectivity index (χ3v) is 2.74. The van der Waals surface area contributed by atoms with Crippen LogP contribution in [0.2, 0.25) is 0 Å². The summed E-state index contributed by atoms with van der Waals surface area (Å²) >= 11 is 5.76. The maximum Gasteiger partial charge on any atom is 0.240 e. The van der Waals surface area contributed by atoms with Crippen LogP contribution in [0.25, 0.3) is 0 Å². The Morgan fingerprint density at radius 2 is 1.80 bits per heavy atom. The first-order valence-corrected chi connectivity index (χ1v) is 5.43. The van der Waals surface area contributed by atoms with Crippen LogP contribution >= 0.6 is 11.6 Å². The smallest absolute Gasteiger partial charge is 0.240 e. The van der Waals surface area contributed by atoms with E-state index >= 15 is 0 Å². The van der Waals surface area contributed by atoms with E-state index in [1.165, 1.54) is 0 Å². The highest BCUT2D eigenvalue weighted by Crippen LogP contribution is 2.19. The van der Waals surface area contributed by atoms with Crippen LogP contribution in [0.3, 0.4) is 0 Å². The van der Waals surface area contributed by atoms with Gasteiger partial charge in [0, 0.05) is 7.05 Å². The number of hydrogen-bond donors (Lipinski definition) is 0. The maximum atomic E-state index is 11.7. The van der Waals surface area contributed by atoms with Crippen LogP contribution in [-0.2, 0) is 4.79 Å². The number of carbonyl (C=O) groups excluding carboxylic acids is 1. The van der Waals surface area contributed by atoms with Crippen LogP contribution in [0.5, 0.6) is 0 Å². The lowest BCUT2D eigenvalue weighted by molar-refractivity contribution is -0.131. The van der Waals surface area contributed by atoms with Gasteiger partial charge >= 0.3 is 0 Å². The van der Waals surface area contributed by atoms with Crippen molar-refractivity contribution < 1.29 is 4.79 Å². The Labute approximate surface area is 95.8 Å². The Morgan fingerprint density at radius 3 is 2.27 bits per heavy atom. The van der Waals surface area contributed by atoms with Gasteiger partial charge in [0.25, 0.3) is 0 Å². The second-order valence-corrected chi connectivity index (χ2v) is 4.31. The van der Waals surface area contributed by atoms with Crippen molar-refractivity contribution in [1.29, 1.82) is 0 Å². The summed E-state index contributed by atoms with van der Waals surface area (Å²) in [5.74, 6) is -0.0481. The number of carbonyl (C=O) groups is 1. The van der Waals surface area contributed by atoms with E-state index in [-0.39, 0.29) is 11.9 Å². The molecule has 2 nitrogen and oxygen atoms in total. The molecule has 0 spiro atoms. The van der Waals surface area contributed by atoms with Crippen molar-refractivity contribution in [3.8, 4) is 0 Å². The molecule has 82 valence electrons. The van der Waals surface area contributed by atoms with Crippen molar-refractivity contribution in [3.63, 3.8) is 0 Å². The average molecular weight is 226 g/mol. The molecule has 0 saturated carbocycles. The second-order valence-electron chi connectivity index (χ2n) is 3.65. The van der Waals surface area contributed by atoms with Gasteiger partial charge in [-0.1, -0.05) is 30.3 Å². The molecule has 2 atom stereocenters. The molecule has 2 unspecified atom stereocenters. The fraction of sp³-hybridized carbons (Fsp3) is 0.417. The molecule has 0 saturated heterocycles. The molecule has 0 heterocycles. The number of alkyl halides is 1. The monoisotopic (exact) mass is 225 g/mol. The van der Waals surface area contributed by atoms with E-state index < -0.39 is 5.38 Å². The third kappa shape index (κ3) is 2.96. The molecular formula is C12H16ClNO. The summed E-state index contributed by atoms with van der Waals surface area (Å²) in [6, 6.07) is 9.96. The molecule has 0 aliphatic carbocycles. The lowest BCUT2D eigenvalue weighted by Gasteiger charge is -2.26. The normalized spacial score (nSPS) is 14.4. The van der Waals surface area contributed by atoms with Crippen LogP contribution in [0.4, 0.5) is 0 Å². The maximum absolute atomic E-state index is 11.7. The Kier molecular flexibility index (Phi) is 4.15. The van der Waals surface area contributed by atoms with Gasteiger partial charge in [-0.15, -0.1) is 11.6 Å². The van der Waals surface area contributed by atoms with E-state index in [0.717, 1.165) is 5.56 Å².